The maximum absolute atomic E-state index is 12.7. The molecule has 1 atom stereocenters. The number of benzene rings is 2. The van der Waals surface area contributed by atoms with E-state index in [9.17, 15) is 4.79 Å². The highest BCUT2D eigenvalue weighted by atomic mass is 32.1. The summed E-state index contributed by atoms with van der Waals surface area (Å²) >= 11 is 1.42. The van der Waals surface area contributed by atoms with Crippen LogP contribution in [-0.2, 0) is 6.42 Å². The molecule has 0 aliphatic heterocycles. The molecule has 5 aromatic rings. The molecule has 0 radical (unpaired) electrons. The van der Waals surface area contributed by atoms with Crippen LogP contribution in [0.25, 0.3) is 22.1 Å². The maximum Gasteiger partial charge on any atom is 0.261 e. The highest BCUT2D eigenvalue weighted by molar-refractivity contribution is 7.12. The molecule has 0 aliphatic rings. The summed E-state index contributed by atoms with van der Waals surface area (Å²) in [7, 11) is 0. The Balaban J connectivity index is 1.50. The monoisotopic (exact) mass is 387 g/mol. The smallest absolute Gasteiger partial charge is 0.261 e. The number of nitrogens with one attached hydrogen (secondary N) is 3. The molecule has 0 bridgehead atoms. The molecular formula is C21H17N5OS. The topological polar surface area (TPSA) is 86.5 Å². The van der Waals surface area contributed by atoms with Gasteiger partial charge in [0.2, 0.25) is 0 Å². The number of thiophene rings is 1. The van der Waals surface area contributed by atoms with Crippen LogP contribution >= 0.6 is 11.3 Å². The van der Waals surface area contributed by atoms with Crippen molar-refractivity contribution in [3.63, 3.8) is 0 Å². The Hall–Kier alpha value is -3.45. The van der Waals surface area contributed by atoms with Crippen molar-refractivity contribution in [3.8, 4) is 0 Å². The first-order valence-electron chi connectivity index (χ1n) is 8.99. The van der Waals surface area contributed by atoms with E-state index in [2.05, 4.69) is 25.3 Å². The van der Waals surface area contributed by atoms with Gasteiger partial charge in [-0.1, -0.05) is 30.3 Å². The molecule has 6 nitrogen and oxygen atoms in total. The molecule has 0 aliphatic carbocycles. The van der Waals surface area contributed by atoms with Crippen LogP contribution in [0.4, 0.5) is 0 Å². The minimum Gasteiger partial charge on any atom is -0.342 e. The minimum atomic E-state index is -0.331. The molecule has 0 fully saturated rings. The van der Waals surface area contributed by atoms with Crippen LogP contribution in [0.1, 0.15) is 27.4 Å². The van der Waals surface area contributed by atoms with E-state index in [1.165, 1.54) is 11.3 Å². The molecule has 5 rings (SSSR count). The molecule has 1 unspecified atom stereocenters. The van der Waals surface area contributed by atoms with Crippen molar-refractivity contribution in [3.05, 3.63) is 82.6 Å². The third-order valence-corrected chi connectivity index (χ3v) is 5.49. The summed E-state index contributed by atoms with van der Waals surface area (Å²) in [6.45, 7) is 0. The van der Waals surface area contributed by atoms with Crippen LogP contribution in [0.15, 0.2) is 66.0 Å². The zero-order valence-corrected chi connectivity index (χ0v) is 15.7. The van der Waals surface area contributed by atoms with Crippen LogP contribution in [0.3, 0.4) is 0 Å². The predicted molar refractivity (Wildman–Crippen MR) is 110 cm³/mol. The largest absolute Gasteiger partial charge is 0.342 e. The summed E-state index contributed by atoms with van der Waals surface area (Å²) in [4.78, 5) is 29.4. The van der Waals surface area contributed by atoms with Gasteiger partial charge in [0.1, 0.15) is 11.6 Å². The number of hydrogen-bond acceptors (Lipinski definition) is 4. The number of hydrogen-bond donors (Lipinski definition) is 3. The Morgan fingerprint density at radius 1 is 0.929 bits per heavy atom. The van der Waals surface area contributed by atoms with E-state index < -0.39 is 0 Å². The van der Waals surface area contributed by atoms with Crippen molar-refractivity contribution in [2.45, 2.75) is 12.5 Å². The molecule has 0 saturated carbocycles. The molecule has 3 aromatic heterocycles. The summed E-state index contributed by atoms with van der Waals surface area (Å²) < 4.78 is 0. The average Bonchev–Trinajstić information content (AvgIpc) is 3.45. The predicted octanol–water partition coefficient (Wildman–Crippen LogP) is 4.21. The second-order valence-electron chi connectivity index (χ2n) is 6.55. The van der Waals surface area contributed by atoms with Crippen LogP contribution in [0.5, 0.6) is 0 Å². The lowest BCUT2D eigenvalue weighted by atomic mass is 10.2. The minimum absolute atomic E-state index is 0.114. The van der Waals surface area contributed by atoms with Gasteiger partial charge in [0.15, 0.2) is 0 Å². The normalized spacial score (nSPS) is 12.4. The van der Waals surface area contributed by atoms with Gasteiger partial charge in [0.05, 0.1) is 33.0 Å². The van der Waals surface area contributed by atoms with Crippen LogP contribution in [-0.4, -0.2) is 25.8 Å². The third-order valence-electron chi connectivity index (χ3n) is 4.62. The molecule has 1 amide bonds. The standard InChI is InChI=1S/C21H17N5OS/c27-21(18-10-5-11-28-18)26-17(20-24-15-8-3-4-9-16(15)25-20)12-19-22-13-6-1-2-7-14(13)23-19/h1-11,17H,12H2,(H,22,23)(H,24,25)(H,26,27). The molecule has 7 heteroatoms. The number of nitrogens with zero attached hydrogens (tertiary/aromatic N) is 2. The van der Waals surface area contributed by atoms with Gasteiger partial charge in [-0.05, 0) is 35.7 Å². The first kappa shape index (κ1) is 16.7. The Kier molecular flexibility index (Phi) is 4.14. The van der Waals surface area contributed by atoms with Crippen molar-refractivity contribution in [2.75, 3.05) is 0 Å². The Bertz CT molecular complexity index is 1190. The molecule has 2 aromatic carbocycles. The number of para-hydroxylation sites is 4. The molecule has 0 saturated heterocycles. The summed E-state index contributed by atoms with van der Waals surface area (Å²) in [5.41, 5.74) is 3.70. The molecule has 138 valence electrons. The molecule has 0 spiro atoms. The van der Waals surface area contributed by atoms with Gasteiger partial charge >= 0.3 is 0 Å². The number of H-pyrrole nitrogens is 2. The van der Waals surface area contributed by atoms with Gasteiger partial charge in [0, 0.05) is 6.42 Å². The Morgan fingerprint density at radius 3 is 2.32 bits per heavy atom. The summed E-state index contributed by atoms with van der Waals surface area (Å²) in [5.74, 6) is 1.40. The van der Waals surface area contributed by atoms with E-state index in [0.29, 0.717) is 17.1 Å². The van der Waals surface area contributed by atoms with Crippen molar-refractivity contribution in [1.82, 2.24) is 25.3 Å². The highest BCUT2D eigenvalue weighted by Gasteiger charge is 2.22. The van der Waals surface area contributed by atoms with E-state index in [4.69, 9.17) is 0 Å². The third kappa shape index (κ3) is 3.16. The van der Waals surface area contributed by atoms with E-state index in [1.807, 2.05) is 66.0 Å². The van der Waals surface area contributed by atoms with Crippen molar-refractivity contribution in [2.24, 2.45) is 0 Å². The summed E-state index contributed by atoms with van der Waals surface area (Å²) in [5, 5.41) is 5.00. The number of carbonyl (C=O) groups excluding carboxylic acids is 1. The fraction of sp³-hybridized carbons (Fsp3) is 0.0952. The quantitative estimate of drug-likeness (QED) is 0.422. The molecule has 3 N–H and O–H groups in total. The van der Waals surface area contributed by atoms with Crippen LogP contribution in [0.2, 0.25) is 0 Å². The van der Waals surface area contributed by atoms with Crippen molar-refractivity contribution < 1.29 is 4.79 Å². The lowest BCUT2D eigenvalue weighted by molar-refractivity contribution is 0.0938. The SMILES string of the molecule is O=C(NC(Cc1nc2ccccc2[nH]1)c1nc2ccccc2[nH]1)c1cccs1. The first-order valence-corrected chi connectivity index (χ1v) is 9.87. The van der Waals surface area contributed by atoms with Crippen LogP contribution in [0, 0.1) is 0 Å². The summed E-state index contributed by atoms with van der Waals surface area (Å²) in [6.07, 6.45) is 0.506. The van der Waals surface area contributed by atoms with Crippen molar-refractivity contribution in [1.29, 1.82) is 0 Å². The number of amides is 1. The van der Waals surface area contributed by atoms with E-state index in [0.717, 1.165) is 27.9 Å². The molecular weight excluding hydrogens is 370 g/mol. The highest BCUT2D eigenvalue weighted by Crippen LogP contribution is 2.21. The lowest BCUT2D eigenvalue weighted by Gasteiger charge is -2.15. The summed E-state index contributed by atoms with van der Waals surface area (Å²) in [6, 6.07) is 19.1. The Morgan fingerprint density at radius 2 is 1.64 bits per heavy atom. The number of imidazole rings is 2. The van der Waals surface area contributed by atoms with E-state index >= 15 is 0 Å². The van der Waals surface area contributed by atoms with Gasteiger partial charge in [0.25, 0.3) is 5.91 Å². The Labute approximate surface area is 164 Å². The van der Waals surface area contributed by atoms with Gasteiger partial charge in [-0.3, -0.25) is 4.79 Å². The second kappa shape index (κ2) is 6.94. The van der Waals surface area contributed by atoms with Gasteiger partial charge in [-0.2, -0.15) is 0 Å². The number of aromatic amines is 2. The van der Waals surface area contributed by atoms with Gasteiger partial charge in [-0.25, -0.2) is 9.97 Å². The second-order valence-corrected chi connectivity index (χ2v) is 7.50. The zero-order valence-electron chi connectivity index (χ0n) is 14.8. The lowest BCUT2D eigenvalue weighted by Crippen LogP contribution is -2.30. The number of fused-ring (bicyclic) bond motifs is 2. The number of carbonyl (C=O) groups is 1. The average molecular weight is 387 g/mol. The first-order chi connectivity index (χ1) is 13.8. The fourth-order valence-electron chi connectivity index (χ4n) is 3.29. The van der Waals surface area contributed by atoms with Crippen molar-refractivity contribution >= 4 is 39.3 Å². The molecule has 3 heterocycles. The molecule has 28 heavy (non-hydrogen) atoms. The number of aromatic nitrogens is 4. The van der Waals surface area contributed by atoms with Crippen LogP contribution < -0.4 is 5.32 Å². The van der Waals surface area contributed by atoms with E-state index in [-0.39, 0.29) is 11.9 Å². The zero-order chi connectivity index (χ0) is 18.9. The van der Waals surface area contributed by atoms with E-state index in [1.54, 1.807) is 0 Å². The van der Waals surface area contributed by atoms with Gasteiger partial charge in [-0.15, -0.1) is 11.3 Å². The maximum atomic E-state index is 12.7. The van der Waals surface area contributed by atoms with Gasteiger partial charge < -0.3 is 15.3 Å². The number of rotatable bonds is 5. The fourth-order valence-corrected chi connectivity index (χ4v) is 3.91.